The highest BCUT2D eigenvalue weighted by Crippen LogP contribution is 2.12. The van der Waals surface area contributed by atoms with E-state index in [0.29, 0.717) is 5.69 Å². The summed E-state index contributed by atoms with van der Waals surface area (Å²) in [5.41, 5.74) is 5.36. The van der Waals surface area contributed by atoms with Crippen LogP contribution in [0.5, 0.6) is 0 Å². The van der Waals surface area contributed by atoms with Gasteiger partial charge in [0.1, 0.15) is 11.5 Å². The number of primary amides is 1. The van der Waals surface area contributed by atoms with Gasteiger partial charge in [-0.25, -0.2) is 9.37 Å². The third-order valence-corrected chi connectivity index (χ3v) is 2.00. The number of nitrogens with zero attached hydrogens (tertiary/aromatic N) is 3. The molecule has 0 bridgehead atoms. The van der Waals surface area contributed by atoms with E-state index >= 15 is 0 Å². The van der Waals surface area contributed by atoms with Crippen LogP contribution in [0.1, 0.15) is 5.89 Å². The van der Waals surface area contributed by atoms with Crippen LogP contribution in [0, 0.1) is 5.82 Å². The summed E-state index contributed by atoms with van der Waals surface area (Å²) in [6.07, 6.45) is 1.07. The Labute approximate surface area is 101 Å². The summed E-state index contributed by atoms with van der Waals surface area (Å²) >= 11 is 0. The van der Waals surface area contributed by atoms with Crippen molar-refractivity contribution in [3.8, 4) is 11.5 Å². The number of hydrogen-bond acceptors (Lipinski definition) is 6. The third-order valence-electron chi connectivity index (χ3n) is 2.00. The van der Waals surface area contributed by atoms with Gasteiger partial charge in [-0.3, -0.25) is 10.1 Å². The highest BCUT2D eigenvalue weighted by Gasteiger charge is 2.09. The lowest BCUT2D eigenvalue weighted by molar-refractivity contribution is -0.117. The number of aromatic nitrogens is 3. The maximum Gasteiger partial charge on any atom is 0.240 e. The lowest BCUT2D eigenvalue weighted by Gasteiger charge is -1.95. The van der Waals surface area contributed by atoms with E-state index in [-0.39, 0.29) is 24.8 Å². The summed E-state index contributed by atoms with van der Waals surface area (Å²) < 4.78 is 17.6. The van der Waals surface area contributed by atoms with Crippen molar-refractivity contribution in [1.29, 1.82) is 0 Å². The van der Waals surface area contributed by atoms with Gasteiger partial charge in [0.05, 0.1) is 19.3 Å². The molecule has 0 aliphatic carbocycles. The smallest absolute Gasteiger partial charge is 0.240 e. The zero-order valence-electron chi connectivity index (χ0n) is 9.26. The fourth-order valence-electron chi connectivity index (χ4n) is 1.23. The van der Waals surface area contributed by atoms with Crippen molar-refractivity contribution in [1.82, 2.24) is 20.4 Å². The first kappa shape index (κ1) is 12.1. The minimum absolute atomic E-state index is 0.0203. The Morgan fingerprint density at radius 2 is 2.33 bits per heavy atom. The van der Waals surface area contributed by atoms with Crippen LogP contribution in [-0.4, -0.2) is 27.6 Å². The molecule has 0 radical (unpaired) electrons. The second-order valence-electron chi connectivity index (χ2n) is 3.44. The van der Waals surface area contributed by atoms with Crippen LogP contribution in [-0.2, 0) is 11.3 Å². The molecule has 8 heteroatoms. The maximum absolute atomic E-state index is 12.7. The molecule has 0 atom stereocenters. The van der Waals surface area contributed by atoms with E-state index in [4.69, 9.17) is 10.3 Å². The van der Waals surface area contributed by atoms with Gasteiger partial charge >= 0.3 is 0 Å². The topological polar surface area (TPSA) is 107 Å². The molecule has 3 N–H and O–H groups in total. The molecule has 0 fully saturated rings. The van der Waals surface area contributed by atoms with Crippen molar-refractivity contribution in [3.05, 3.63) is 30.0 Å². The van der Waals surface area contributed by atoms with Crippen molar-refractivity contribution in [3.63, 3.8) is 0 Å². The first-order chi connectivity index (χ1) is 8.65. The molecule has 2 heterocycles. The number of nitrogens with one attached hydrogen (secondary N) is 1. The Morgan fingerprint density at radius 1 is 1.50 bits per heavy atom. The first-order valence-electron chi connectivity index (χ1n) is 5.08. The predicted molar refractivity (Wildman–Crippen MR) is 58.4 cm³/mol. The molecule has 0 saturated carbocycles. The van der Waals surface area contributed by atoms with Crippen LogP contribution in [0.25, 0.3) is 11.5 Å². The summed E-state index contributed by atoms with van der Waals surface area (Å²) in [7, 11) is 0. The molecule has 1 amide bonds. The van der Waals surface area contributed by atoms with E-state index < -0.39 is 11.7 Å². The Balaban J connectivity index is 2.01. The van der Waals surface area contributed by atoms with E-state index in [1.165, 1.54) is 12.1 Å². The van der Waals surface area contributed by atoms with Gasteiger partial charge in [0.2, 0.25) is 17.6 Å². The molecule has 2 aromatic rings. The second-order valence-corrected chi connectivity index (χ2v) is 3.44. The van der Waals surface area contributed by atoms with E-state index in [0.717, 1.165) is 6.20 Å². The molecule has 0 aliphatic rings. The van der Waals surface area contributed by atoms with Crippen LogP contribution in [0.4, 0.5) is 4.39 Å². The zero-order chi connectivity index (χ0) is 13.0. The van der Waals surface area contributed by atoms with Gasteiger partial charge in [-0.1, -0.05) is 5.16 Å². The number of carbonyl (C=O) groups excluding carboxylic acids is 1. The highest BCUT2D eigenvalue weighted by atomic mass is 19.1. The van der Waals surface area contributed by atoms with Gasteiger partial charge in [-0.2, -0.15) is 4.98 Å². The van der Waals surface area contributed by atoms with Crippen molar-refractivity contribution in [2.45, 2.75) is 6.54 Å². The summed E-state index contributed by atoms with van der Waals surface area (Å²) in [6, 6.07) is 2.70. The van der Waals surface area contributed by atoms with Gasteiger partial charge in [0.15, 0.2) is 0 Å². The summed E-state index contributed by atoms with van der Waals surface area (Å²) in [5.74, 6) is -0.371. The van der Waals surface area contributed by atoms with Crippen molar-refractivity contribution < 1.29 is 13.7 Å². The molecular formula is C10H10FN5O2. The average molecular weight is 251 g/mol. The highest BCUT2D eigenvalue weighted by molar-refractivity contribution is 5.75. The number of nitrogens with two attached hydrogens (primary N) is 1. The van der Waals surface area contributed by atoms with Crippen LogP contribution in [0.2, 0.25) is 0 Å². The third kappa shape index (κ3) is 3.08. The van der Waals surface area contributed by atoms with Crippen LogP contribution < -0.4 is 11.1 Å². The van der Waals surface area contributed by atoms with E-state index in [9.17, 15) is 9.18 Å². The molecule has 94 valence electrons. The van der Waals surface area contributed by atoms with Gasteiger partial charge in [-0.05, 0) is 12.1 Å². The number of rotatable bonds is 5. The van der Waals surface area contributed by atoms with Crippen molar-refractivity contribution in [2.75, 3.05) is 6.54 Å². The molecule has 0 spiro atoms. The molecule has 0 aliphatic heterocycles. The monoisotopic (exact) mass is 251 g/mol. The van der Waals surface area contributed by atoms with Gasteiger partial charge in [0, 0.05) is 0 Å². The molecule has 7 nitrogen and oxygen atoms in total. The zero-order valence-corrected chi connectivity index (χ0v) is 9.26. The van der Waals surface area contributed by atoms with Crippen LogP contribution >= 0.6 is 0 Å². The Morgan fingerprint density at radius 3 is 3.00 bits per heavy atom. The maximum atomic E-state index is 12.7. The first-order valence-corrected chi connectivity index (χ1v) is 5.08. The lowest BCUT2D eigenvalue weighted by atomic mass is 10.3. The molecular weight excluding hydrogens is 241 g/mol. The number of halogens is 1. The largest absolute Gasteiger partial charge is 0.369 e. The molecule has 0 saturated heterocycles. The van der Waals surface area contributed by atoms with Crippen molar-refractivity contribution in [2.24, 2.45) is 5.73 Å². The fourth-order valence-corrected chi connectivity index (χ4v) is 1.23. The minimum atomic E-state index is -0.477. The van der Waals surface area contributed by atoms with Gasteiger partial charge in [-0.15, -0.1) is 0 Å². The number of pyridine rings is 1. The lowest BCUT2D eigenvalue weighted by Crippen LogP contribution is -2.28. The van der Waals surface area contributed by atoms with Gasteiger partial charge < -0.3 is 10.3 Å². The van der Waals surface area contributed by atoms with E-state index in [2.05, 4.69) is 20.4 Å². The van der Waals surface area contributed by atoms with E-state index in [1.807, 2.05) is 0 Å². The number of hydrogen-bond donors (Lipinski definition) is 2. The summed E-state index contributed by atoms with van der Waals surface area (Å²) in [5, 5.41) is 6.41. The molecule has 0 aromatic carbocycles. The Kier molecular flexibility index (Phi) is 3.58. The molecule has 2 rings (SSSR count). The van der Waals surface area contributed by atoms with Crippen LogP contribution in [0.3, 0.4) is 0 Å². The summed E-state index contributed by atoms with van der Waals surface area (Å²) in [6.45, 7) is 0.240. The van der Waals surface area contributed by atoms with Crippen LogP contribution in [0.15, 0.2) is 22.9 Å². The van der Waals surface area contributed by atoms with Gasteiger partial charge in [0.25, 0.3) is 0 Å². The fraction of sp³-hybridized carbons (Fsp3) is 0.200. The predicted octanol–water partition coefficient (Wildman–Crippen LogP) is -0.154. The number of carbonyl (C=O) groups is 1. The molecule has 18 heavy (non-hydrogen) atoms. The normalized spacial score (nSPS) is 10.5. The Hall–Kier alpha value is -2.35. The molecule has 0 unspecified atom stereocenters. The minimum Gasteiger partial charge on any atom is -0.369 e. The SMILES string of the molecule is NC(=O)CNCc1nc(-c2ccc(F)cn2)no1. The Bertz CT molecular complexity index is 539. The van der Waals surface area contributed by atoms with E-state index in [1.54, 1.807) is 0 Å². The number of amides is 1. The standard InChI is InChI=1S/C10H10FN5O2/c11-6-1-2-7(14-3-6)10-15-9(18-16-10)5-13-4-8(12)17/h1-3,13H,4-5H2,(H2,12,17). The van der Waals surface area contributed by atoms with Crippen molar-refractivity contribution >= 4 is 5.91 Å². The quantitative estimate of drug-likeness (QED) is 0.765. The molecule has 2 aromatic heterocycles. The average Bonchev–Trinajstić information content (AvgIpc) is 2.78. The second kappa shape index (κ2) is 5.32. The summed E-state index contributed by atoms with van der Waals surface area (Å²) in [4.78, 5) is 18.3.